The maximum absolute atomic E-state index is 12.9. The Hall–Kier alpha value is -3.04. The van der Waals surface area contributed by atoms with Crippen molar-refractivity contribution < 1.29 is 9.32 Å². The van der Waals surface area contributed by atoms with Crippen molar-refractivity contribution in [1.82, 2.24) is 35.4 Å². The molecule has 10 heteroatoms. The van der Waals surface area contributed by atoms with Crippen LogP contribution in [0.4, 0.5) is 5.82 Å². The number of likely N-dealkylation sites (N-methyl/N-ethyl adjacent to an activating group) is 1. The van der Waals surface area contributed by atoms with Gasteiger partial charge in [0.15, 0.2) is 17.3 Å². The average molecular weight is 384 g/mol. The maximum Gasteiger partial charge on any atom is 0.240 e. The molecule has 0 saturated heterocycles. The van der Waals surface area contributed by atoms with Crippen LogP contribution in [0.1, 0.15) is 57.2 Å². The number of fused-ring (bicyclic) bond motifs is 1. The van der Waals surface area contributed by atoms with E-state index < -0.39 is 5.54 Å². The van der Waals surface area contributed by atoms with Gasteiger partial charge in [-0.25, -0.2) is 15.0 Å². The summed E-state index contributed by atoms with van der Waals surface area (Å²) >= 11 is 0. The Labute approximate surface area is 162 Å². The summed E-state index contributed by atoms with van der Waals surface area (Å²) in [4.78, 5) is 34.7. The van der Waals surface area contributed by atoms with Gasteiger partial charge >= 0.3 is 0 Å². The van der Waals surface area contributed by atoms with Gasteiger partial charge in [0.1, 0.15) is 17.4 Å². The molecule has 0 atom stereocenters. The Morgan fingerprint density at radius 2 is 2.11 bits per heavy atom. The summed E-state index contributed by atoms with van der Waals surface area (Å²) < 4.78 is 5.38. The van der Waals surface area contributed by atoms with E-state index in [-0.39, 0.29) is 18.4 Å². The van der Waals surface area contributed by atoms with Crippen LogP contribution < -0.4 is 10.2 Å². The average Bonchev–Trinajstić information content (AvgIpc) is 3.41. The molecular formula is C18H24N8O2. The van der Waals surface area contributed by atoms with Gasteiger partial charge in [0, 0.05) is 13.0 Å². The summed E-state index contributed by atoms with van der Waals surface area (Å²) in [6.45, 7) is 4.15. The molecule has 3 heterocycles. The molecule has 148 valence electrons. The van der Waals surface area contributed by atoms with Gasteiger partial charge < -0.3 is 19.7 Å². The summed E-state index contributed by atoms with van der Waals surface area (Å²) in [6.07, 6.45) is 6.64. The number of hydrogen-bond donors (Lipinski definition) is 2. The van der Waals surface area contributed by atoms with Crippen molar-refractivity contribution in [1.29, 1.82) is 0 Å². The first kappa shape index (κ1) is 18.3. The predicted molar refractivity (Wildman–Crippen MR) is 102 cm³/mol. The third-order valence-electron chi connectivity index (χ3n) is 5.14. The monoisotopic (exact) mass is 384 g/mol. The lowest BCUT2D eigenvalue weighted by atomic mass is 9.96. The molecule has 4 rings (SSSR count). The Kier molecular flexibility index (Phi) is 4.70. The van der Waals surface area contributed by atoms with Crippen LogP contribution in [0.3, 0.4) is 0 Å². The van der Waals surface area contributed by atoms with E-state index in [0.717, 1.165) is 25.7 Å². The number of imidazole rings is 1. The second-order valence-electron chi connectivity index (χ2n) is 7.60. The van der Waals surface area contributed by atoms with Crippen LogP contribution in [-0.2, 0) is 10.3 Å². The zero-order valence-corrected chi connectivity index (χ0v) is 16.3. The Morgan fingerprint density at radius 1 is 1.32 bits per heavy atom. The fraction of sp³-hybridized carbons (Fsp3) is 0.556. The van der Waals surface area contributed by atoms with Crippen LogP contribution in [0, 0.1) is 0 Å². The van der Waals surface area contributed by atoms with Crippen LogP contribution in [-0.4, -0.2) is 49.6 Å². The van der Waals surface area contributed by atoms with Gasteiger partial charge in [-0.2, -0.15) is 4.98 Å². The smallest absolute Gasteiger partial charge is 0.240 e. The summed E-state index contributed by atoms with van der Waals surface area (Å²) in [5.41, 5.74) is 0.703. The summed E-state index contributed by atoms with van der Waals surface area (Å²) in [6, 6.07) is 0. The molecule has 1 saturated carbocycles. The van der Waals surface area contributed by atoms with Crippen molar-refractivity contribution in [2.45, 2.75) is 51.0 Å². The highest BCUT2D eigenvalue weighted by atomic mass is 16.5. The first-order chi connectivity index (χ1) is 13.5. The molecule has 1 aliphatic carbocycles. The SMILES string of the molecule is CC(C)c1nc(C2(NC(=O)CN(C)c3ncnc4nc[nH]c34)CCCC2)no1. The highest BCUT2D eigenvalue weighted by molar-refractivity contribution is 5.87. The van der Waals surface area contributed by atoms with E-state index in [1.165, 1.54) is 6.33 Å². The van der Waals surface area contributed by atoms with Crippen LogP contribution in [0.15, 0.2) is 17.2 Å². The lowest BCUT2D eigenvalue weighted by Crippen LogP contribution is -2.48. The zero-order valence-electron chi connectivity index (χ0n) is 16.3. The molecule has 0 aliphatic heterocycles. The van der Waals surface area contributed by atoms with E-state index in [2.05, 4.69) is 35.4 Å². The van der Waals surface area contributed by atoms with Gasteiger partial charge in [-0.15, -0.1) is 0 Å². The molecule has 0 spiro atoms. The van der Waals surface area contributed by atoms with Crippen LogP contribution in [0.2, 0.25) is 0 Å². The van der Waals surface area contributed by atoms with Crippen LogP contribution in [0.25, 0.3) is 11.2 Å². The Bertz CT molecular complexity index is 973. The molecule has 2 N–H and O–H groups in total. The number of carbonyl (C=O) groups is 1. The second-order valence-corrected chi connectivity index (χ2v) is 7.60. The van der Waals surface area contributed by atoms with Crippen molar-refractivity contribution in [3.05, 3.63) is 24.4 Å². The molecule has 28 heavy (non-hydrogen) atoms. The van der Waals surface area contributed by atoms with Crippen LogP contribution >= 0.6 is 0 Å². The first-order valence-electron chi connectivity index (χ1n) is 9.49. The minimum absolute atomic E-state index is 0.119. The Balaban J connectivity index is 1.51. The topological polar surface area (TPSA) is 126 Å². The van der Waals surface area contributed by atoms with E-state index in [4.69, 9.17) is 4.52 Å². The second kappa shape index (κ2) is 7.17. The van der Waals surface area contributed by atoms with Gasteiger partial charge in [0.05, 0.1) is 12.9 Å². The minimum atomic E-state index is -0.566. The summed E-state index contributed by atoms with van der Waals surface area (Å²) in [5.74, 6) is 1.82. The minimum Gasteiger partial charge on any atom is -0.348 e. The van der Waals surface area contributed by atoms with Gasteiger partial charge in [-0.05, 0) is 12.8 Å². The number of amides is 1. The third kappa shape index (κ3) is 3.30. The number of rotatable bonds is 6. The molecule has 1 fully saturated rings. The Morgan fingerprint density at radius 3 is 2.82 bits per heavy atom. The fourth-order valence-electron chi connectivity index (χ4n) is 3.69. The van der Waals surface area contributed by atoms with E-state index in [1.807, 2.05) is 20.9 Å². The zero-order chi connectivity index (χ0) is 19.7. The lowest BCUT2D eigenvalue weighted by Gasteiger charge is -2.28. The van der Waals surface area contributed by atoms with E-state index in [1.54, 1.807) is 11.2 Å². The quantitative estimate of drug-likeness (QED) is 0.660. The maximum atomic E-state index is 12.9. The first-order valence-corrected chi connectivity index (χ1v) is 9.49. The van der Waals surface area contributed by atoms with Crippen molar-refractivity contribution in [3.63, 3.8) is 0 Å². The predicted octanol–water partition coefficient (Wildman–Crippen LogP) is 1.88. The molecule has 1 aliphatic rings. The summed E-state index contributed by atoms with van der Waals surface area (Å²) in [7, 11) is 1.81. The lowest BCUT2D eigenvalue weighted by molar-refractivity contribution is -0.121. The molecule has 0 unspecified atom stereocenters. The summed E-state index contributed by atoms with van der Waals surface area (Å²) in [5, 5.41) is 7.34. The van der Waals surface area contributed by atoms with Crippen molar-refractivity contribution >= 4 is 22.9 Å². The molecular weight excluding hydrogens is 360 g/mol. The van der Waals surface area contributed by atoms with Crippen LogP contribution in [0.5, 0.6) is 0 Å². The van der Waals surface area contributed by atoms with E-state index >= 15 is 0 Å². The molecule has 0 bridgehead atoms. The number of carbonyl (C=O) groups excluding carboxylic acids is 1. The van der Waals surface area contributed by atoms with E-state index in [9.17, 15) is 4.79 Å². The fourth-order valence-corrected chi connectivity index (χ4v) is 3.69. The van der Waals surface area contributed by atoms with Gasteiger partial charge in [-0.1, -0.05) is 31.8 Å². The molecule has 3 aromatic rings. The number of nitrogens with zero attached hydrogens (tertiary/aromatic N) is 6. The van der Waals surface area contributed by atoms with Gasteiger partial charge in [-0.3, -0.25) is 4.79 Å². The van der Waals surface area contributed by atoms with E-state index in [0.29, 0.717) is 28.7 Å². The standard InChI is InChI=1S/C18H24N8O2/c1-11(2)16-23-17(25-28-16)18(6-4-5-7-18)24-12(27)8-26(3)15-13-14(20-9-19-13)21-10-22-15/h9-11H,4-8H2,1-3H3,(H,24,27)(H,19,20,21,22). The van der Waals surface area contributed by atoms with Gasteiger partial charge in [0.2, 0.25) is 11.8 Å². The molecule has 3 aromatic heterocycles. The number of aromatic amines is 1. The van der Waals surface area contributed by atoms with Crippen molar-refractivity contribution in [2.24, 2.45) is 0 Å². The van der Waals surface area contributed by atoms with Gasteiger partial charge in [0.25, 0.3) is 0 Å². The highest BCUT2D eigenvalue weighted by Gasteiger charge is 2.41. The number of anilines is 1. The number of H-pyrrole nitrogens is 1. The molecule has 10 nitrogen and oxygen atoms in total. The molecule has 1 amide bonds. The molecule has 0 radical (unpaired) electrons. The number of hydrogen-bond acceptors (Lipinski definition) is 8. The number of aromatic nitrogens is 6. The third-order valence-corrected chi connectivity index (χ3v) is 5.14. The highest BCUT2D eigenvalue weighted by Crippen LogP contribution is 2.37. The largest absolute Gasteiger partial charge is 0.348 e. The normalized spacial score (nSPS) is 16.0. The van der Waals surface area contributed by atoms with Crippen molar-refractivity contribution in [2.75, 3.05) is 18.5 Å². The molecule has 0 aromatic carbocycles. The van der Waals surface area contributed by atoms with Crippen molar-refractivity contribution in [3.8, 4) is 0 Å². The number of nitrogens with one attached hydrogen (secondary N) is 2.